The van der Waals surface area contributed by atoms with Crippen molar-refractivity contribution in [2.75, 3.05) is 42.1 Å². The van der Waals surface area contributed by atoms with E-state index in [1.807, 2.05) is 37.3 Å². The van der Waals surface area contributed by atoms with Crippen molar-refractivity contribution in [2.45, 2.75) is 20.0 Å². The van der Waals surface area contributed by atoms with Crippen LogP contribution in [0.15, 0.2) is 35.3 Å². The molecule has 0 fully saturated rings. The lowest BCUT2D eigenvalue weighted by Gasteiger charge is -2.15. The van der Waals surface area contributed by atoms with Crippen LogP contribution in [0.25, 0.3) is 0 Å². The van der Waals surface area contributed by atoms with Gasteiger partial charge in [0.15, 0.2) is 29.0 Å². The molecular weight excluding hydrogens is 513 g/mol. The highest BCUT2D eigenvalue weighted by Crippen LogP contribution is 2.38. The Hall–Kier alpha value is -2.56. The first-order valence-electron chi connectivity index (χ1n) is 9.62. The minimum absolute atomic E-state index is 0. The maximum atomic E-state index is 5.41. The quantitative estimate of drug-likeness (QED) is 0.268. The van der Waals surface area contributed by atoms with E-state index in [1.54, 1.807) is 35.5 Å². The molecule has 172 valence electrons. The van der Waals surface area contributed by atoms with Crippen LogP contribution < -0.4 is 34.3 Å². The number of hydrogen-bond donors (Lipinski definition) is 2. The number of nitrogens with one attached hydrogen (secondary N) is 2. The second kappa shape index (κ2) is 13.7. The predicted octanol–water partition coefficient (Wildman–Crippen LogP) is 3.60. The zero-order chi connectivity index (χ0) is 21.9. The molecule has 0 saturated carbocycles. The summed E-state index contributed by atoms with van der Waals surface area (Å²) in [7, 11) is 8.02. The third-order valence-electron chi connectivity index (χ3n) is 4.40. The highest BCUT2D eigenvalue weighted by Gasteiger charge is 2.13. The van der Waals surface area contributed by atoms with Gasteiger partial charge in [-0.05, 0) is 42.3 Å². The summed E-state index contributed by atoms with van der Waals surface area (Å²) in [6.07, 6.45) is 0. The molecule has 0 spiro atoms. The molecule has 0 atom stereocenters. The van der Waals surface area contributed by atoms with E-state index in [1.165, 1.54) is 0 Å². The van der Waals surface area contributed by atoms with E-state index in [4.69, 9.17) is 23.7 Å². The fourth-order valence-corrected chi connectivity index (χ4v) is 2.92. The van der Waals surface area contributed by atoms with Gasteiger partial charge in [0.2, 0.25) is 5.75 Å². The molecule has 2 aromatic carbocycles. The van der Waals surface area contributed by atoms with E-state index in [0.29, 0.717) is 47.8 Å². The lowest BCUT2D eigenvalue weighted by molar-refractivity contribution is 0.324. The second-order valence-electron chi connectivity index (χ2n) is 6.27. The van der Waals surface area contributed by atoms with Crippen molar-refractivity contribution in [1.29, 1.82) is 0 Å². The lowest BCUT2D eigenvalue weighted by Crippen LogP contribution is -2.36. The molecule has 0 unspecified atom stereocenters. The molecule has 0 radical (unpaired) electrons. The SMILES string of the molecule is CCNC(=NCc1cc(OC)c(OC)c(OC)c1)NCc1ccc(OC)c(OC)c1.I. The molecule has 2 aromatic rings. The third-order valence-corrected chi connectivity index (χ3v) is 4.40. The van der Waals surface area contributed by atoms with Gasteiger partial charge in [0, 0.05) is 13.1 Å². The molecule has 0 aliphatic rings. The topological polar surface area (TPSA) is 82.6 Å². The molecule has 8 nitrogen and oxygen atoms in total. The minimum Gasteiger partial charge on any atom is -0.493 e. The number of nitrogens with zero attached hydrogens (tertiary/aromatic N) is 1. The Morgan fingerprint density at radius 1 is 0.742 bits per heavy atom. The summed E-state index contributed by atoms with van der Waals surface area (Å²) in [6, 6.07) is 9.59. The Balaban J connectivity index is 0.00000480. The van der Waals surface area contributed by atoms with Crippen LogP contribution in [-0.4, -0.2) is 48.1 Å². The number of methoxy groups -OCH3 is 5. The third kappa shape index (κ3) is 7.27. The van der Waals surface area contributed by atoms with Gasteiger partial charge in [-0.2, -0.15) is 0 Å². The van der Waals surface area contributed by atoms with Crippen molar-refractivity contribution in [3.63, 3.8) is 0 Å². The van der Waals surface area contributed by atoms with E-state index in [9.17, 15) is 0 Å². The number of rotatable bonds is 10. The second-order valence-corrected chi connectivity index (χ2v) is 6.27. The highest BCUT2D eigenvalue weighted by atomic mass is 127. The summed E-state index contributed by atoms with van der Waals surface area (Å²) in [6.45, 7) is 3.79. The van der Waals surface area contributed by atoms with Crippen LogP contribution in [0.3, 0.4) is 0 Å². The van der Waals surface area contributed by atoms with Crippen LogP contribution in [0.1, 0.15) is 18.1 Å². The Bertz CT molecular complexity index is 836. The van der Waals surface area contributed by atoms with E-state index >= 15 is 0 Å². The van der Waals surface area contributed by atoms with Crippen LogP contribution in [0.4, 0.5) is 0 Å². The molecule has 0 aromatic heterocycles. The van der Waals surface area contributed by atoms with Crippen LogP contribution in [0, 0.1) is 0 Å². The largest absolute Gasteiger partial charge is 0.493 e. The van der Waals surface area contributed by atoms with Gasteiger partial charge in [-0.3, -0.25) is 0 Å². The predicted molar refractivity (Wildman–Crippen MR) is 133 cm³/mol. The highest BCUT2D eigenvalue weighted by molar-refractivity contribution is 14.0. The van der Waals surface area contributed by atoms with Crippen LogP contribution in [0.5, 0.6) is 28.7 Å². The summed E-state index contributed by atoms with van der Waals surface area (Å²) >= 11 is 0. The van der Waals surface area contributed by atoms with Gasteiger partial charge in [-0.1, -0.05) is 6.07 Å². The minimum atomic E-state index is 0. The van der Waals surface area contributed by atoms with Crippen molar-refractivity contribution in [3.8, 4) is 28.7 Å². The Kier molecular flexibility index (Phi) is 11.7. The van der Waals surface area contributed by atoms with Gasteiger partial charge in [0.25, 0.3) is 0 Å². The summed E-state index contributed by atoms with van der Waals surface area (Å²) in [5, 5.41) is 6.58. The number of hydrogen-bond acceptors (Lipinski definition) is 6. The number of ether oxygens (including phenoxy) is 5. The first kappa shape index (κ1) is 26.5. The molecule has 0 heterocycles. The van der Waals surface area contributed by atoms with Gasteiger partial charge < -0.3 is 34.3 Å². The van der Waals surface area contributed by atoms with Crippen molar-refractivity contribution in [3.05, 3.63) is 41.5 Å². The Morgan fingerprint density at radius 2 is 1.32 bits per heavy atom. The summed E-state index contributed by atoms with van der Waals surface area (Å²) < 4.78 is 26.8. The monoisotopic (exact) mass is 545 g/mol. The molecule has 0 aliphatic carbocycles. The first-order chi connectivity index (χ1) is 14.6. The molecule has 0 saturated heterocycles. The van der Waals surface area contributed by atoms with E-state index in [2.05, 4.69) is 15.6 Å². The zero-order valence-electron chi connectivity index (χ0n) is 18.9. The summed E-state index contributed by atoms with van der Waals surface area (Å²) in [5.41, 5.74) is 1.99. The van der Waals surface area contributed by atoms with Gasteiger partial charge >= 0.3 is 0 Å². The normalized spacial score (nSPS) is 10.6. The van der Waals surface area contributed by atoms with Crippen LogP contribution in [0.2, 0.25) is 0 Å². The van der Waals surface area contributed by atoms with Crippen molar-refractivity contribution < 1.29 is 23.7 Å². The average molecular weight is 545 g/mol. The number of aliphatic imine (C=N–C) groups is 1. The molecule has 2 N–H and O–H groups in total. The zero-order valence-corrected chi connectivity index (χ0v) is 21.2. The Morgan fingerprint density at radius 3 is 1.84 bits per heavy atom. The molecule has 0 aliphatic heterocycles. The van der Waals surface area contributed by atoms with Crippen molar-refractivity contribution in [1.82, 2.24) is 10.6 Å². The van der Waals surface area contributed by atoms with Crippen LogP contribution in [-0.2, 0) is 13.1 Å². The molecule has 31 heavy (non-hydrogen) atoms. The summed E-state index contributed by atoms with van der Waals surface area (Å²) in [5.74, 6) is 3.85. The number of halogens is 1. The van der Waals surface area contributed by atoms with E-state index in [-0.39, 0.29) is 24.0 Å². The lowest BCUT2D eigenvalue weighted by atomic mass is 10.2. The molecule has 0 bridgehead atoms. The van der Waals surface area contributed by atoms with Crippen molar-refractivity contribution in [2.24, 2.45) is 4.99 Å². The molecule has 2 rings (SSSR count). The first-order valence-corrected chi connectivity index (χ1v) is 9.62. The number of guanidine groups is 1. The average Bonchev–Trinajstić information content (AvgIpc) is 2.79. The van der Waals surface area contributed by atoms with Gasteiger partial charge in [-0.25, -0.2) is 4.99 Å². The summed E-state index contributed by atoms with van der Waals surface area (Å²) in [4.78, 5) is 4.67. The van der Waals surface area contributed by atoms with Gasteiger partial charge in [0.05, 0.1) is 42.1 Å². The van der Waals surface area contributed by atoms with E-state index in [0.717, 1.165) is 17.7 Å². The van der Waals surface area contributed by atoms with Gasteiger partial charge in [-0.15, -0.1) is 24.0 Å². The van der Waals surface area contributed by atoms with Crippen LogP contribution >= 0.6 is 24.0 Å². The Labute approximate surface area is 201 Å². The molecular formula is C22H32IN3O5. The maximum absolute atomic E-state index is 5.41. The fourth-order valence-electron chi connectivity index (χ4n) is 2.92. The number of benzene rings is 2. The van der Waals surface area contributed by atoms with Crippen molar-refractivity contribution >= 4 is 29.9 Å². The molecule has 9 heteroatoms. The maximum Gasteiger partial charge on any atom is 0.203 e. The molecule has 0 amide bonds. The standard InChI is InChI=1S/C22H31N3O5.HI/c1-7-23-22(24-13-15-8-9-17(26-2)18(10-15)27-3)25-14-16-11-19(28-4)21(30-6)20(12-16)29-5;/h8-12H,7,13-14H2,1-6H3,(H2,23,24,25);1H. The van der Waals surface area contributed by atoms with E-state index < -0.39 is 0 Å². The fraction of sp³-hybridized carbons (Fsp3) is 0.409. The smallest absolute Gasteiger partial charge is 0.203 e. The van der Waals surface area contributed by atoms with Gasteiger partial charge in [0.1, 0.15) is 0 Å².